The van der Waals surface area contributed by atoms with E-state index in [0.717, 1.165) is 28.0 Å². The summed E-state index contributed by atoms with van der Waals surface area (Å²) < 4.78 is 11.1. The van der Waals surface area contributed by atoms with Crippen LogP contribution in [0.4, 0.5) is 0 Å². The van der Waals surface area contributed by atoms with Gasteiger partial charge in [0.05, 0.1) is 26.2 Å². The van der Waals surface area contributed by atoms with Crippen molar-refractivity contribution in [2.45, 2.75) is 25.4 Å². The molecule has 2 amide bonds. The van der Waals surface area contributed by atoms with Crippen LogP contribution in [-0.2, 0) is 22.6 Å². The summed E-state index contributed by atoms with van der Waals surface area (Å²) in [5.74, 6) is 1.10. The summed E-state index contributed by atoms with van der Waals surface area (Å²) in [5, 5.41) is 2.04. The van der Waals surface area contributed by atoms with Gasteiger partial charge in [0, 0.05) is 30.9 Å². The minimum atomic E-state index is -0.333. The van der Waals surface area contributed by atoms with Crippen molar-refractivity contribution >= 4 is 23.2 Å². The average molecular weight is 477 g/mol. The Hall–Kier alpha value is -3.32. The normalized spacial score (nSPS) is 19.8. The summed E-state index contributed by atoms with van der Waals surface area (Å²) in [6.45, 7) is 1.60. The maximum absolute atomic E-state index is 13.8. The largest absolute Gasteiger partial charge is 0.493 e. The molecule has 0 bridgehead atoms. The number of carbonyl (C=O) groups excluding carboxylic acids is 2. The molecule has 2 atom stereocenters. The molecule has 176 valence electrons. The highest BCUT2D eigenvalue weighted by molar-refractivity contribution is 7.10. The van der Waals surface area contributed by atoms with Gasteiger partial charge in [-0.05, 0) is 46.7 Å². The first-order chi connectivity index (χ1) is 16.6. The number of amides is 2. The van der Waals surface area contributed by atoms with Crippen LogP contribution in [0.1, 0.15) is 34.0 Å². The second kappa shape index (κ2) is 9.50. The van der Waals surface area contributed by atoms with E-state index in [1.807, 2.05) is 63.7 Å². The number of likely N-dealkylation sites (tertiary alicyclic amines) is 1. The first-order valence-electron chi connectivity index (χ1n) is 11.5. The Kier molecular flexibility index (Phi) is 6.28. The summed E-state index contributed by atoms with van der Waals surface area (Å²) in [5.41, 5.74) is 3.30. The number of fused-ring (bicyclic) bond motifs is 1. The van der Waals surface area contributed by atoms with Crippen molar-refractivity contribution in [2.75, 3.05) is 27.3 Å². The zero-order valence-electron chi connectivity index (χ0n) is 19.4. The predicted molar refractivity (Wildman–Crippen MR) is 131 cm³/mol. The second-order valence-corrected chi connectivity index (χ2v) is 9.75. The molecule has 2 aromatic carbocycles. The van der Waals surface area contributed by atoms with Gasteiger partial charge in [0.15, 0.2) is 11.5 Å². The molecule has 1 saturated heterocycles. The van der Waals surface area contributed by atoms with Crippen molar-refractivity contribution in [1.29, 1.82) is 0 Å². The van der Waals surface area contributed by atoms with Crippen LogP contribution in [0.15, 0.2) is 60.0 Å². The third kappa shape index (κ3) is 4.16. The highest BCUT2D eigenvalue weighted by Gasteiger charge is 2.41. The standard InChI is InChI=1S/C27H28N2O4S/c1-32-22-13-19-10-11-29(26(24-9-6-12-34-24)21(19)15-23(22)33-2)27(31)20-14-25(30)28(17-20)16-18-7-4-3-5-8-18/h3-9,12-13,15,20,26H,10-11,14,16-17H2,1-2H3/t20-,26-/m0/s1. The average Bonchev–Trinajstić information content (AvgIpc) is 3.53. The molecule has 5 rings (SSSR count). The fraction of sp³-hybridized carbons (Fsp3) is 0.333. The number of methoxy groups -OCH3 is 2. The van der Waals surface area contributed by atoms with E-state index >= 15 is 0 Å². The molecule has 6 nitrogen and oxygen atoms in total. The van der Waals surface area contributed by atoms with Crippen LogP contribution in [0.2, 0.25) is 0 Å². The number of nitrogens with zero attached hydrogens (tertiary/aromatic N) is 2. The van der Waals surface area contributed by atoms with E-state index in [9.17, 15) is 9.59 Å². The molecule has 1 fully saturated rings. The van der Waals surface area contributed by atoms with Crippen LogP contribution >= 0.6 is 11.3 Å². The molecular weight excluding hydrogens is 448 g/mol. The number of hydrogen-bond donors (Lipinski definition) is 0. The number of ether oxygens (including phenoxy) is 2. The van der Waals surface area contributed by atoms with E-state index < -0.39 is 0 Å². The Labute approximate surface area is 203 Å². The van der Waals surface area contributed by atoms with Crippen LogP contribution in [0.25, 0.3) is 0 Å². The number of carbonyl (C=O) groups is 2. The molecule has 0 N–H and O–H groups in total. The Morgan fingerprint density at radius 2 is 1.82 bits per heavy atom. The van der Waals surface area contributed by atoms with Crippen LogP contribution in [-0.4, -0.2) is 48.9 Å². The fourth-order valence-electron chi connectivity index (χ4n) is 5.07. The van der Waals surface area contributed by atoms with Crippen LogP contribution in [0, 0.1) is 5.92 Å². The van der Waals surface area contributed by atoms with Gasteiger partial charge in [-0.25, -0.2) is 0 Å². The van der Waals surface area contributed by atoms with Gasteiger partial charge in [-0.2, -0.15) is 0 Å². The molecule has 2 aliphatic rings. The number of benzene rings is 2. The van der Waals surface area contributed by atoms with E-state index in [-0.39, 0.29) is 30.2 Å². The van der Waals surface area contributed by atoms with Crippen molar-refractivity contribution in [3.8, 4) is 11.5 Å². The zero-order valence-corrected chi connectivity index (χ0v) is 20.2. The zero-order chi connectivity index (χ0) is 23.7. The molecule has 7 heteroatoms. The third-order valence-corrected chi connectivity index (χ3v) is 7.67. The number of rotatable bonds is 6. The van der Waals surface area contributed by atoms with Crippen molar-refractivity contribution < 1.29 is 19.1 Å². The lowest BCUT2D eigenvalue weighted by atomic mass is 9.89. The van der Waals surface area contributed by atoms with Gasteiger partial charge < -0.3 is 19.3 Å². The molecule has 3 heterocycles. The van der Waals surface area contributed by atoms with Gasteiger partial charge >= 0.3 is 0 Å². The van der Waals surface area contributed by atoms with Crippen molar-refractivity contribution in [2.24, 2.45) is 5.92 Å². The molecule has 0 saturated carbocycles. The lowest BCUT2D eigenvalue weighted by Crippen LogP contribution is -2.44. The smallest absolute Gasteiger partial charge is 0.228 e. The number of thiophene rings is 1. The van der Waals surface area contributed by atoms with Gasteiger partial charge in [-0.15, -0.1) is 11.3 Å². The first-order valence-corrected chi connectivity index (χ1v) is 12.4. The summed E-state index contributed by atoms with van der Waals surface area (Å²) in [4.78, 5) is 31.5. The van der Waals surface area contributed by atoms with E-state index in [0.29, 0.717) is 31.1 Å². The van der Waals surface area contributed by atoms with Gasteiger partial charge in [0.2, 0.25) is 11.8 Å². The fourth-order valence-corrected chi connectivity index (χ4v) is 5.92. The van der Waals surface area contributed by atoms with Gasteiger partial charge in [0.25, 0.3) is 0 Å². The Bertz CT molecular complexity index is 1180. The minimum Gasteiger partial charge on any atom is -0.493 e. The Morgan fingerprint density at radius 1 is 1.06 bits per heavy atom. The van der Waals surface area contributed by atoms with E-state index in [4.69, 9.17) is 9.47 Å². The van der Waals surface area contributed by atoms with E-state index in [1.165, 1.54) is 0 Å². The first kappa shape index (κ1) is 22.5. The monoisotopic (exact) mass is 476 g/mol. The van der Waals surface area contributed by atoms with Gasteiger partial charge in [-0.1, -0.05) is 36.4 Å². The quantitative estimate of drug-likeness (QED) is 0.533. The lowest BCUT2D eigenvalue weighted by Gasteiger charge is -2.38. The highest BCUT2D eigenvalue weighted by Crippen LogP contribution is 2.43. The Balaban J connectivity index is 1.43. The molecule has 34 heavy (non-hydrogen) atoms. The van der Waals surface area contributed by atoms with Crippen molar-refractivity contribution in [1.82, 2.24) is 9.80 Å². The molecule has 0 unspecified atom stereocenters. The minimum absolute atomic E-state index is 0.0405. The summed E-state index contributed by atoms with van der Waals surface area (Å²) in [6.07, 6.45) is 0.996. The predicted octanol–water partition coefficient (Wildman–Crippen LogP) is 4.29. The molecule has 0 spiro atoms. The third-order valence-electron chi connectivity index (χ3n) is 6.75. The molecule has 3 aromatic rings. The molecule has 0 radical (unpaired) electrons. The SMILES string of the molecule is COc1cc2c(cc1OC)[C@@H](c1cccs1)N(C(=O)[C@H]1CC(=O)N(Cc3ccccc3)C1)CC2. The maximum atomic E-state index is 13.8. The summed E-state index contributed by atoms with van der Waals surface area (Å²) in [7, 11) is 3.26. The van der Waals surface area contributed by atoms with Crippen molar-refractivity contribution in [3.05, 3.63) is 81.5 Å². The topological polar surface area (TPSA) is 59.1 Å². The molecule has 1 aromatic heterocycles. The van der Waals surface area contributed by atoms with Crippen molar-refractivity contribution in [3.63, 3.8) is 0 Å². The molecule has 2 aliphatic heterocycles. The summed E-state index contributed by atoms with van der Waals surface area (Å²) >= 11 is 1.64. The lowest BCUT2D eigenvalue weighted by molar-refractivity contribution is -0.137. The summed E-state index contributed by atoms with van der Waals surface area (Å²) in [6, 6.07) is 17.8. The Morgan fingerprint density at radius 3 is 2.53 bits per heavy atom. The van der Waals surface area contributed by atoms with E-state index in [2.05, 4.69) is 6.07 Å². The van der Waals surface area contributed by atoms with Gasteiger partial charge in [-0.3, -0.25) is 9.59 Å². The van der Waals surface area contributed by atoms with E-state index in [1.54, 1.807) is 25.6 Å². The molecule has 0 aliphatic carbocycles. The van der Waals surface area contributed by atoms with Gasteiger partial charge in [0.1, 0.15) is 0 Å². The molecular formula is C27H28N2O4S. The number of hydrogen-bond acceptors (Lipinski definition) is 5. The van der Waals surface area contributed by atoms with Crippen LogP contribution < -0.4 is 9.47 Å². The highest BCUT2D eigenvalue weighted by atomic mass is 32.1. The van der Waals surface area contributed by atoms with Crippen LogP contribution in [0.3, 0.4) is 0 Å². The second-order valence-electron chi connectivity index (χ2n) is 8.77. The maximum Gasteiger partial charge on any atom is 0.228 e. The van der Waals surface area contributed by atoms with Crippen LogP contribution in [0.5, 0.6) is 11.5 Å².